The zero-order valence-corrected chi connectivity index (χ0v) is 18.8. The smallest absolute Gasteiger partial charge is 0.475 e. The minimum absolute atomic E-state index is 0.0221. The molecule has 0 aliphatic heterocycles. The lowest BCUT2D eigenvalue weighted by molar-refractivity contribution is -0.192. The van der Waals surface area contributed by atoms with Gasteiger partial charge in [0.05, 0.1) is 17.4 Å². The van der Waals surface area contributed by atoms with E-state index in [0.717, 1.165) is 25.7 Å². The Balaban J connectivity index is 0.000000454. The molecule has 0 unspecified atom stereocenters. The van der Waals surface area contributed by atoms with Gasteiger partial charge in [-0.15, -0.1) is 5.10 Å². The molecule has 11 nitrogen and oxygen atoms in total. The summed E-state index contributed by atoms with van der Waals surface area (Å²) in [6.45, 7) is 0. The Kier molecular flexibility index (Phi) is 8.07. The third kappa shape index (κ3) is 6.44. The summed E-state index contributed by atoms with van der Waals surface area (Å²) in [6.07, 6.45) is -0.892. The molecule has 16 heteroatoms. The first kappa shape index (κ1) is 26.8. The first-order valence-electron chi connectivity index (χ1n) is 10.7. The molecule has 1 amide bonds. The van der Waals surface area contributed by atoms with Crippen LogP contribution >= 0.6 is 0 Å². The number of hydrogen-bond donors (Lipinski definition) is 4. The van der Waals surface area contributed by atoms with E-state index >= 15 is 0 Å². The number of carboxylic acids is 1. The average molecular weight is 518 g/mol. The van der Waals surface area contributed by atoms with Crippen molar-refractivity contribution in [3.05, 3.63) is 35.9 Å². The van der Waals surface area contributed by atoms with Crippen LogP contribution in [0, 0.1) is 0 Å². The van der Waals surface area contributed by atoms with E-state index in [-0.39, 0.29) is 23.5 Å². The number of carbonyl (C=O) groups is 2. The van der Waals surface area contributed by atoms with Gasteiger partial charge >= 0.3 is 12.1 Å². The first-order chi connectivity index (χ1) is 16.9. The van der Waals surface area contributed by atoms with Crippen molar-refractivity contribution in [1.29, 1.82) is 0 Å². The van der Waals surface area contributed by atoms with E-state index in [2.05, 4.69) is 25.8 Å². The van der Waals surface area contributed by atoms with Gasteiger partial charge in [-0.2, -0.15) is 18.3 Å². The van der Waals surface area contributed by atoms with Gasteiger partial charge < -0.3 is 21.5 Å². The standard InChI is InChI=1S/C18H22F2N8O.C2HF3O2/c1-27-9-13(15(25-27)16(19)20)23-17(29)14-7-6-10-8-22-18(26-28(10)14)24-12-5-3-2-4-11(12)21;3-2(4,5)1(6)7/h6-9,11-12,16H,2-5,21H2,1H3,(H,23,29)(H,24,26);(H,6,7)/t11-,12+;/m0./s1. The second-order valence-corrected chi connectivity index (χ2v) is 8.00. The number of carboxylic acid groups (broad SMARTS) is 1. The van der Waals surface area contributed by atoms with Gasteiger partial charge in [0.15, 0.2) is 5.69 Å². The van der Waals surface area contributed by atoms with Crippen LogP contribution in [-0.2, 0) is 11.8 Å². The summed E-state index contributed by atoms with van der Waals surface area (Å²) < 4.78 is 60.6. The van der Waals surface area contributed by atoms with Crippen LogP contribution < -0.4 is 16.4 Å². The van der Waals surface area contributed by atoms with Crippen LogP contribution in [0.4, 0.5) is 33.6 Å². The number of aryl methyl sites for hydroxylation is 1. The molecular formula is C20H23F5N8O3. The Bertz CT molecular complexity index is 1230. The average Bonchev–Trinajstić information content (AvgIpc) is 3.38. The van der Waals surface area contributed by atoms with Crippen LogP contribution in [0.2, 0.25) is 0 Å². The maximum absolute atomic E-state index is 13.1. The van der Waals surface area contributed by atoms with Crippen LogP contribution in [0.3, 0.4) is 0 Å². The van der Waals surface area contributed by atoms with Crippen LogP contribution in [0.25, 0.3) is 5.52 Å². The number of aromatic nitrogens is 5. The van der Waals surface area contributed by atoms with Crippen molar-refractivity contribution >= 4 is 29.0 Å². The second-order valence-electron chi connectivity index (χ2n) is 8.00. The summed E-state index contributed by atoms with van der Waals surface area (Å²) in [5, 5.41) is 20.9. The van der Waals surface area contributed by atoms with E-state index in [4.69, 9.17) is 15.6 Å². The maximum Gasteiger partial charge on any atom is 0.490 e. The van der Waals surface area contributed by atoms with Gasteiger partial charge in [0.1, 0.15) is 5.69 Å². The van der Waals surface area contributed by atoms with Gasteiger partial charge in [0.25, 0.3) is 12.3 Å². The molecule has 36 heavy (non-hydrogen) atoms. The fraction of sp³-hybridized carbons (Fsp3) is 0.450. The maximum atomic E-state index is 13.1. The summed E-state index contributed by atoms with van der Waals surface area (Å²) in [5.41, 5.74) is 6.45. The van der Waals surface area contributed by atoms with Gasteiger partial charge in [-0.25, -0.2) is 23.1 Å². The molecule has 0 saturated heterocycles. The molecule has 0 radical (unpaired) electrons. The summed E-state index contributed by atoms with van der Waals surface area (Å²) in [6, 6.07) is 3.34. The Hall–Kier alpha value is -3.82. The predicted octanol–water partition coefficient (Wildman–Crippen LogP) is 2.97. The molecule has 4 rings (SSSR count). The van der Waals surface area contributed by atoms with Crippen molar-refractivity contribution < 1.29 is 36.6 Å². The number of amides is 1. The number of alkyl halides is 5. The van der Waals surface area contributed by atoms with Crippen molar-refractivity contribution in [2.24, 2.45) is 12.8 Å². The van der Waals surface area contributed by atoms with E-state index < -0.39 is 30.2 Å². The fourth-order valence-electron chi connectivity index (χ4n) is 3.59. The fourth-order valence-corrected chi connectivity index (χ4v) is 3.59. The zero-order chi connectivity index (χ0) is 26.6. The van der Waals surface area contributed by atoms with Gasteiger partial charge in [-0.3, -0.25) is 9.48 Å². The lowest BCUT2D eigenvalue weighted by atomic mass is 9.91. The molecule has 1 fully saturated rings. The first-order valence-corrected chi connectivity index (χ1v) is 10.7. The highest BCUT2D eigenvalue weighted by Crippen LogP contribution is 2.26. The third-order valence-electron chi connectivity index (χ3n) is 5.32. The van der Waals surface area contributed by atoms with Gasteiger partial charge in [-0.1, -0.05) is 12.8 Å². The van der Waals surface area contributed by atoms with Gasteiger partial charge in [-0.05, 0) is 25.0 Å². The topological polar surface area (TPSA) is 152 Å². The number of nitrogens with one attached hydrogen (secondary N) is 2. The molecule has 3 aromatic rings. The number of hydrogen-bond acceptors (Lipinski definition) is 7. The molecule has 1 aliphatic carbocycles. The molecule has 2 atom stereocenters. The van der Waals surface area contributed by atoms with E-state index in [9.17, 15) is 26.7 Å². The Morgan fingerprint density at radius 3 is 2.47 bits per heavy atom. The molecule has 0 spiro atoms. The van der Waals surface area contributed by atoms with Gasteiger partial charge in [0.2, 0.25) is 5.95 Å². The largest absolute Gasteiger partial charge is 0.490 e. The molecule has 1 saturated carbocycles. The molecule has 5 N–H and O–H groups in total. The monoisotopic (exact) mass is 518 g/mol. The van der Waals surface area contributed by atoms with Crippen molar-refractivity contribution in [3.63, 3.8) is 0 Å². The molecular weight excluding hydrogens is 495 g/mol. The Morgan fingerprint density at radius 1 is 1.19 bits per heavy atom. The molecule has 3 heterocycles. The SMILES string of the molecule is Cn1cc(NC(=O)c2ccc3cnc(N[C@@H]4CCCC[C@@H]4N)nn23)c(C(F)F)n1.O=C(O)C(F)(F)F. The quantitative estimate of drug-likeness (QED) is 0.376. The highest BCUT2D eigenvalue weighted by Gasteiger charge is 2.38. The van der Waals surface area contributed by atoms with Crippen LogP contribution in [0.1, 0.15) is 48.3 Å². The normalized spacial score (nSPS) is 18.0. The lowest BCUT2D eigenvalue weighted by Crippen LogP contribution is -2.43. The molecule has 3 aromatic heterocycles. The minimum atomic E-state index is -5.08. The Morgan fingerprint density at radius 2 is 1.86 bits per heavy atom. The lowest BCUT2D eigenvalue weighted by Gasteiger charge is -2.29. The number of halogens is 5. The molecule has 0 aromatic carbocycles. The zero-order valence-electron chi connectivity index (χ0n) is 18.8. The Labute approximate surface area is 200 Å². The second kappa shape index (κ2) is 10.8. The molecule has 196 valence electrons. The van der Waals surface area contributed by atoms with Crippen LogP contribution in [-0.4, -0.2) is 59.6 Å². The molecule has 1 aliphatic rings. The summed E-state index contributed by atoms with van der Waals surface area (Å²) in [7, 11) is 1.51. The van der Waals surface area contributed by atoms with E-state index in [1.165, 1.54) is 22.4 Å². The summed E-state index contributed by atoms with van der Waals surface area (Å²) >= 11 is 0. The third-order valence-corrected chi connectivity index (χ3v) is 5.32. The molecule has 0 bridgehead atoms. The van der Waals surface area contributed by atoms with Crippen LogP contribution in [0.5, 0.6) is 0 Å². The van der Waals surface area contributed by atoms with E-state index in [1.54, 1.807) is 18.3 Å². The number of carbonyl (C=O) groups excluding carboxylic acids is 1. The summed E-state index contributed by atoms with van der Waals surface area (Å²) in [5.74, 6) is -2.97. The minimum Gasteiger partial charge on any atom is -0.475 e. The van der Waals surface area contributed by atoms with Crippen LogP contribution in [0.15, 0.2) is 24.5 Å². The number of rotatable bonds is 5. The van der Waals surface area contributed by atoms with Crippen molar-refractivity contribution in [1.82, 2.24) is 24.4 Å². The van der Waals surface area contributed by atoms with Crippen molar-refractivity contribution in [3.8, 4) is 0 Å². The number of nitrogens with two attached hydrogens (primary N) is 1. The predicted molar refractivity (Wildman–Crippen MR) is 117 cm³/mol. The van der Waals surface area contributed by atoms with E-state index in [0.29, 0.717) is 11.5 Å². The number of aliphatic carboxylic acids is 1. The van der Waals surface area contributed by atoms with Crippen molar-refractivity contribution in [2.45, 2.75) is 50.4 Å². The van der Waals surface area contributed by atoms with Crippen molar-refractivity contribution in [2.75, 3.05) is 10.6 Å². The summed E-state index contributed by atoms with van der Waals surface area (Å²) in [4.78, 5) is 25.9. The van der Waals surface area contributed by atoms with Gasteiger partial charge in [0, 0.05) is 25.3 Å². The number of anilines is 2. The van der Waals surface area contributed by atoms with E-state index in [1.807, 2.05) is 0 Å². The highest BCUT2D eigenvalue weighted by atomic mass is 19.4. The highest BCUT2D eigenvalue weighted by molar-refractivity contribution is 6.04. The number of fused-ring (bicyclic) bond motifs is 1. The number of nitrogens with zero attached hydrogens (tertiary/aromatic N) is 5.